The Morgan fingerprint density at radius 2 is 2.00 bits per heavy atom. The summed E-state index contributed by atoms with van der Waals surface area (Å²) in [6.45, 7) is 4.97. The molecule has 0 bridgehead atoms. The molecule has 1 amide bonds. The molecular formula is C12H19NO4. The fourth-order valence-electron chi connectivity index (χ4n) is 2.76. The van der Waals surface area contributed by atoms with Gasteiger partial charge in [0, 0.05) is 19.2 Å². The van der Waals surface area contributed by atoms with Crippen molar-refractivity contribution in [2.75, 3.05) is 13.2 Å². The van der Waals surface area contributed by atoms with E-state index in [0.717, 1.165) is 6.42 Å². The Morgan fingerprint density at radius 3 is 2.47 bits per heavy atom. The SMILES string of the molecule is CC1CCOC1C(=O)N1CCC(C(=O)O)C1C. The van der Waals surface area contributed by atoms with Gasteiger partial charge in [-0.1, -0.05) is 6.92 Å². The van der Waals surface area contributed by atoms with Gasteiger partial charge in [0.2, 0.25) is 0 Å². The molecule has 2 heterocycles. The van der Waals surface area contributed by atoms with E-state index in [4.69, 9.17) is 9.84 Å². The molecule has 17 heavy (non-hydrogen) atoms. The van der Waals surface area contributed by atoms with Crippen molar-refractivity contribution >= 4 is 11.9 Å². The molecule has 1 N–H and O–H groups in total. The summed E-state index contributed by atoms with van der Waals surface area (Å²) in [5.41, 5.74) is 0. The minimum Gasteiger partial charge on any atom is -0.481 e. The molecule has 0 saturated carbocycles. The predicted molar refractivity (Wildman–Crippen MR) is 60.4 cm³/mol. The highest BCUT2D eigenvalue weighted by Crippen LogP contribution is 2.29. The average molecular weight is 241 g/mol. The largest absolute Gasteiger partial charge is 0.481 e. The second-order valence-corrected chi connectivity index (χ2v) is 5.06. The second-order valence-electron chi connectivity index (χ2n) is 5.06. The van der Waals surface area contributed by atoms with Gasteiger partial charge >= 0.3 is 5.97 Å². The summed E-state index contributed by atoms with van der Waals surface area (Å²) in [5.74, 6) is -1.05. The van der Waals surface area contributed by atoms with Crippen LogP contribution in [0.3, 0.4) is 0 Å². The number of hydrogen-bond donors (Lipinski definition) is 1. The second kappa shape index (κ2) is 4.64. The molecule has 0 aromatic heterocycles. The topological polar surface area (TPSA) is 66.8 Å². The lowest BCUT2D eigenvalue weighted by atomic mass is 10.0. The van der Waals surface area contributed by atoms with Crippen LogP contribution >= 0.6 is 0 Å². The van der Waals surface area contributed by atoms with Gasteiger partial charge in [0.25, 0.3) is 5.91 Å². The molecule has 2 rings (SSSR count). The fraction of sp³-hybridized carbons (Fsp3) is 0.833. The predicted octanol–water partition coefficient (Wildman–Crippen LogP) is 0.733. The molecule has 0 spiro atoms. The Morgan fingerprint density at radius 1 is 1.29 bits per heavy atom. The molecule has 2 aliphatic heterocycles. The minimum atomic E-state index is -0.812. The van der Waals surface area contributed by atoms with Gasteiger partial charge in [-0.2, -0.15) is 0 Å². The van der Waals surface area contributed by atoms with E-state index in [1.54, 1.807) is 4.90 Å². The van der Waals surface area contributed by atoms with Crippen LogP contribution < -0.4 is 0 Å². The van der Waals surface area contributed by atoms with E-state index >= 15 is 0 Å². The van der Waals surface area contributed by atoms with Crippen LogP contribution in [0.4, 0.5) is 0 Å². The van der Waals surface area contributed by atoms with Crippen molar-refractivity contribution < 1.29 is 19.4 Å². The Hall–Kier alpha value is -1.10. The zero-order valence-corrected chi connectivity index (χ0v) is 10.3. The molecule has 0 radical (unpaired) electrons. The molecule has 2 aliphatic rings. The number of hydrogen-bond acceptors (Lipinski definition) is 3. The Bertz CT molecular complexity index is 330. The quantitative estimate of drug-likeness (QED) is 0.774. The van der Waals surface area contributed by atoms with Crippen molar-refractivity contribution in [3.63, 3.8) is 0 Å². The van der Waals surface area contributed by atoms with E-state index in [1.165, 1.54) is 0 Å². The summed E-state index contributed by atoms with van der Waals surface area (Å²) >= 11 is 0. The van der Waals surface area contributed by atoms with Gasteiger partial charge in [0.05, 0.1) is 5.92 Å². The van der Waals surface area contributed by atoms with Crippen LogP contribution in [0.5, 0.6) is 0 Å². The third-order valence-electron chi connectivity index (χ3n) is 3.99. The molecule has 0 aromatic rings. The number of amides is 1. The summed E-state index contributed by atoms with van der Waals surface area (Å²) in [6, 6.07) is -0.226. The highest BCUT2D eigenvalue weighted by atomic mass is 16.5. The van der Waals surface area contributed by atoms with Gasteiger partial charge in [-0.05, 0) is 25.7 Å². The number of aliphatic carboxylic acids is 1. The van der Waals surface area contributed by atoms with Gasteiger partial charge < -0.3 is 14.7 Å². The zero-order valence-electron chi connectivity index (χ0n) is 10.3. The lowest BCUT2D eigenvalue weighted by Crippen LogP contribution is -2.44. The molecule has 96 valence electrons. The Labute approximate surface area is 101 Å². The van der Waals surface area contributed by atoms with Crippen molar-refractivity contribution in [2.24, 2.45) is 11.8 Å². The number of likely N-dealkylation sites (tertiary alicyclic amines) is 1. The number of carbonyl (C=O) groups is 2. The van der Waals surface area contributed by atoms with Gasteiger partial charge in [-0.3, -0.25) is 9.59 Å². The van der Waals surface area contributed by atoms with E-state index in [1.807, 2.05) is 13.8 Å². The van der Waals surface area contributed by atoms with Crippen LogP contribution in [-0.4, -0.2) is 47.2 Å². The highest BCUT2D eigenvalue weighted by molar-refractivity contribution is 5.83. The van der Waals surface area contributed by atoms with Crippen LogP contribution in [-0.2, 0) is 14.3 Å². The summed E-state index contributed by atoms with van der Waals surface area (Å²) < 4.78 is 5.44. The fourth-order valence-corrected chi connectivity index (χ4v) is 2.76. The number of nitrogens with zero attached hydrogens (tertiary/aromatic N) is 1. The van der Waals surface area contributed by atoms with E-state index < -0.39 is 11.9 Å². The van der Waals surface area contributed by atoms with Crippen LogP contribution in [0.15, 0.2) is 0 Å². The number of carboxylic acid groups (broad SMARTS) is 1. The van der Waals surface area contributed by atoms with Gasteiger partial charge in [-0.15, -0.1) is 0 Å². The molecule has 4 atom stereocenters. The number of ether oxygens (including phenoxy) is 1. The van der Waals surface area contributed by atoms with E-state index in [2.05, 4.69) is 0 Å². The first-order chi connectivity index (χ1) is 8.02. The van der Waals surface area contributed by atoms with Gasteiger partial charge in [0.15, 0.2) is 0 Å². The summed E-state index contributed by atoms with van der Waals surface area (Å²) in [7, 11) is 0. The van der Waals surface area contributed by atoms with Crippen LogP contribution in [0.2, 0.25) is 0 Å². The summed E-state index contributed by atoms with van der Waals surface area (Å²) in [5, 5.41) is 9.03. The average Bonchev–Trinajstić information content (AvgIpc) is 2.83. The van der Waals surface area contributed by atoms with Crippen LogP contribution in [0.25, 0.3) is 0 Å². The van der Waals surface area contributed by atoms with Gasteiger partial charge in [-0.25, -0.2) is 0 Å². The van der Waals surface area contributed by atoms with Crippen molar-refractivity contribution in [3.8, 4) is 0 Å². The smallest absolute Gasteiger partial charge is 0.308 e. The van der Waals surface area contributed by atoms with E-state index in [-0.39, 0.29) is 24.0 Å². The molecule has 0 aliphatic carbocycles. The molecule has 2 saturated heterocycles. The standard InChI is InChI=1S/C12H19NO4/c1-7-4-6-17-10(7)11(14)13-5-3-9(8(13)2)12(15)16/h7-10H,3-6H2,1-2H3,(H,15,16). The Balaban J connectivity index is 2.04. The van der Waals surface area contributed by atoms with E-state index in [9.17, 15) is 9.59 Å². The monoisotopic (exact) mass is 241 g/mol. The highest BCUT2D eigenvalue weighted by Gasteiger charge is 2.42. The normalized spacial score (nSPS) is 37.4. The van der Waals surface area contributed by atoms with Crippen molar-refractivity contribution in [2.45, 2.75) is 38.8 Å². The maximum Gasteiger partial charge on any atom is 0.308 e. The first-order valence-corrected chi connectivity index (χ1v) is 6.17. The Kier molecular flexibility index (Phi) is 3.38. The minimum absolute atomic E-state index is 0.0359. The zero-order chi connectivity index (χ0) is 12.6. The third kappa shape index (κ3) is 2.16. The third-order valence-corrected chi connectivity index (χ3v) is 3.99. The van der Waals surface area contributed by atoms with Crippen molar-refractivity contribution in [1.29, 1.82) is 0 Å². The molecule has 5 nitrogen and oxygen atoms in total. The van der Waals surface area contributed by atoms with Crippen LogP contribution in [0.1, 0.15) is 26.7 Å². The first kappa shape index (κ1) is 12.4. The molecular weight excluding hydrogens is 222 g/mol. The maximum absolute atomic E-state index is 12.2. The first-order valence-electron chi connectivity index (χ1n) is 6.17. The maximum atomic E-state index is 12.2. The lowest BCUT2D eigenvalue weighted by molar-refractivity contribution is -0.146. The molecule has 2 fully saturated rings. The van der Waals surface area contributed by atoms with Crippen LogP contribution in [0, 0.1) is 11.8 Å². The summed E-state index contributed by atoms with van der Waals surface area (Å²) in [6.07, 6.45) is 1.08. The molecule has 4 unspecified atom stereocenters. The van der Waals surface area contributed by atoms with E-state index in [0.29, 0.717) is 19.6 Å². The molecule has 5 heteroatoms. The summed E-state index contributed by atoms with van der Waals surface area (Å²) in [4.78, 5) is 24.9. The van der Waals surface area contributed by atoms with Gasteiger partial charge in [0.1, 0.15) is 6.10 Å². The van der Waals surface area contributed by atoms with Crippen molar-refractivity contribution in [3.05, 3.63) is 0 Å². The number of rotatable bonds is 2. The van der Waals surface area contributed by atoms with Crippen molar-refractivity contribution in [1.82, 2.24) is 4.90 Å². The lowest BCUT2D eigenvalue weighted by Gasteiger charge is -2.27. The molecule has 0 aromatic carbocycles. The number of carboxylic acids is 1. The number of carbonyl (C=O) groups excluding carboxylic acids is 1.